The van der Waals surface area contributed by atoms with E-state index in [1.807, 2.05) is 0 Å². The number of nitrogen functional groups attached to an aromatic ring is 1. The van der Waals surface area contributed by atoms with E-state index >= 15 is 0 Å². The van der Waals surface area contributed by atoms with Crippen LogP contribution < -0.4 is 10.7 Å². The summed E-state index contributed by atoms with van der Waals surface area (Å²) in [6.07, 6.45) is 0. The second kappa shape index (κ2) is 1.52. The highest BCUT2D eigenvalue weighted by Gasteiger charge is 1.96. The van der Waals surface area contributed by atoms with Crippen molar-refractivity contribution in [2.24, 2.45) is 0 Å². The first-order valence-corrected chi connectivity index (χ1v) is 2.74. The van der Waals surface area contributed by atoms with Crippen LogP contribution in [-0.2, 0) is 0 Å². The third-order valence-electron chi connectivity index (χ3n) is 0.709. The summed E-state index contributed by atoms with van der Waals surface area (Å²) in [5.41, 5.74) is 0. The molecule has 0 spiro atoms. The third-order valence-corrected chi connectivity index (χ3v) is 1.44. The summed E-state index contributed by atoms with van der Waals surface area (Å²) in [6, 6.07) is 0. The van der Waals surface area contributed by atoms with Crippen molar-refractivity contribution in [1.29, 1.82) is 0 Å². The number of nitrogens with zero attached hydrogens (tertiary/aromatic N) is 1. The van der Waals surface area contributed by atoms with Gasteiger partial charge in [0.1, 0.15) is 0 Å². The van der Waals surface area contributed by atoms with Crippen molar-refractivity contribution in [3.8, 4) is 5.88 Å². The zero-order chi connectivity index (χ0) is 6.15. The Morgan fingerprint density at radius 1 is 1.88 bits per heavy atom. The third kappa shape index (κ3) is 0.564. The molecule has 8 heavy (non-hydrogen) atoms. The Kier molecular flexibility index (Phi) is 0.980. The predicted molar refractivity (Wildman–Crippen MR) is 30.4 cm³/mol. The van der Waals surface area contributed by atoms with Crippen molar-refractivity contribution in [2.75, 3.05) is 5.84 Å². The number of thiazole rings is 1. The predicted octanol–water partition coefficient (Wildman–Crippen LogP) is -0.671. The highest BCUT2D eigenvalue weighted by atomic mass is 32.1. The minimum absolute atomic E-state index is 0.194. The van der Waals surface area contributed by atoms with Crippen LogP contribution in [0.3, 0.4) is 0 Å². The van der Waals surface area contributed by atoms with Gasteiger partial charge >= 0.3 is 4.87 Å². The van der Waals surface area contributed by atoms with Gasteiger partial charge in [0.15, 0.2) is 0 Å². The molecular formula is C3H4N2O2S. The molecule has 5 heteroatoms. The van der Waals surface area contributed by atoms with Gasteiger partial charge in [-0.25, -0.2) is 0 Å². The van der Waals surface area contributed by atoms with E-state index in [1.165, 1.54) is 5.38 Å². The Balaban J connectivity index is 3.41. The van der Waals surface area contributed by atoms with Crippen LogP contribution in [0.25, 0.3) is 0 Å². The zero-order valence-electron chi connectivity index (χ0n) is 3.87. The van der Waals surface area contributed by atoms with Crippen molar-refractivity contribution in [2.45, 2.75) is 0 Å². The van der Waals surface area contributed by atoms with Crippen molar-refractivity contribution in [3.63, 3.8) is 0 Å². The van der Waals surface area contributed by atoms with Gasteiger partial charge in [0, 0.05) is 0 Å². The number of rotatable bonds is 0. The molecule has 1 aromatic heterocycles. The minimum atomic E-state index is -0.359. The minimum Gasteiger partial charge on any atom is -0.493 e. The number of aromatic nitrogens is 1. The molecule has 0 amide bonds. The first kappa shape index (κ1) is 5.17. The van der Waals surface area contributed by atoms with Crippen LogP contribution in [0.15, 0.2) is 10.2 Å². The summed E-state index contributed by atoms with van der Waals surface area (Å²) in [6.45, 7) is 0. The fourth-order valence-electron chi connectivity index (χ4n) is 0.310. The van der Waals surface area contributed by atoms with Gasteiger partial charge in [0.05, 0.1) is 5.38 Å². The molecule has 0 aromatic carbocycles. The SMILES string of the molecule is Nn1c(O)csc1=O. The second-order valence-electron chi connectivity index (χ2n) is 1.23. The molecule has 1 heterocycles. The molecule has 0 aliphatic carbocycles. The summed E-state index contributed by atoms with van der Waals surface area (Å²) < 4.78 is 0.685. The molecule has 0 atom stereocenters. The van der Waals surface area contributed by atoms with E-state index in [-0.39, 0.29) is 10.8 Å². The van der Waals surface area contributed by atoms with Gasteiger partial charge in [-0.1, -0.05) is 11.3 Å². The number of nitrogens with two attached hydrogens (primary N) is 1. The topological polar surface area (TPSA) is 68.2 Å². The van der Waals surface area contributed by atoms with Gasteiger partial charge in [0.2, 0.25) is 5.88 Å². The Morgan fingerprint density at radius 3 is 2.62 bits per heavy atom. The lowest BCUT2D eigenvalue weighted by molar-refractivity contribution is 0.436. The highest BCUT2D eigenvalue weighted by molar-refractivity contribution is 7.07. The summed E-state index contributed by atoms with van der Waals surface area (Å²) in [5.74, 6) is 4.77. The quantitative estimate of drug-likeness (QED) is 0.460. The maximum atomic E-state index is 10.3. The largest absolute Gasteiger partial charge is 0.493 e. The molecule has 0 fully saturated rings. The van der Waals surface area contributed by atoms with Crippen LogP contribution in [0, 0.1) is 0 Å². The fraction of sp³-hybridized carbons (Fsp3) is 0. The molecule has 0 aliphatic heterocycles. The van der Waals surface area contributed by atoms with E-state index in [1.54, 1.807) is 0 Å². The molecule has 0 saturated carbocycles. The van der Waals surface area contributed by atoms with E-state index in [0.717, 1.165) is 11.3 Å². The van der Waals surface area contributed by atoms with Crippen molar-refractivity contribution in [3.05, 3.63) is 15.0 Å². The van der Waals surface area contributed by atoms with Crippen LogP contribution in [0.4, 0.5) is 0 Å². The summed E-state index contributed by atoms with van der Waals surface area (Å²) in [5, 5.41) is 9.87. The standard InChI is InChI=1S/C3H4N2O2S/c4-5-2(6)1-8-3(5)7/h1,6H,4H2. The Morgan fingerprint density at radius 2 is 2.50 bits per heavy atom. The first-order chi connectivity index (χ1) is 3.72. The van der Waals surface area contributed by atoms with Gasteiger partial charge in [-0.2, -0.15) is 4.68 Å². The Bertz CT molecular complexity index is 238. The number of hydrogen-bond acceptors (Lipinski definition) is 4. The molecule has 3 N–H and O–H groups in total. The monoisotopic (exact) mass is 132 g/mol. The average Bonchev–Trinajstić information content (AvgIpc) is 1.98. The van der Waals surface area contributed by atoms with E-state index < -0.39 is 0 Å². The van der Waals surface area contributed by atoms with Gasteiger partial charge < -0.3 is 10.9 Å². The molecule has 0 saturated heterocycles. The number of hydrogen-bond donors (Lipinski definition) is 2. The van der Waals surface area contributed by atoms with E-state index in [4.69, 9.17) is 10.9 Å². The van der Waals surface area contributed by atoms with Crippen molar-refractivity contribution in [1.82, 2.24) is 4.68 Å². The van der Waals surface area contributed by atoms with E-state index in [0.29, 0.717) is 4.68 Å². The molecule has 0 unspecified atom stereocenters. The summed E-state index contributed by atoms with van der Waals surface area (Å²) >= 11 is 0.863. The Hall–Kier alpha value is -0.970. The van der Waals surface area contributed by atoms with Crippen LogP contribution in [0.2, 0.25) is 0 Å². The zero-order valence-corrected chi connectivity index (χ0v) is 4.68. The van der Waals surface area contributed by atoms with E-state index in [2.05, 4.69) is 0 Å². The fourth-order valence-corrected chi connectivity index (χ4v) is 0.837. The van der Waals surface area contributed by atoms with E-state index in [9.17, 15) is 4.79 Å². The number of aromatic hydroxyl groups is 1. The molecule has 1 rings (SSSR count). The van der Waals surface area contributed by atoms with Crippen molar-refractivity contribution >= 4 is 11.3 Å². The maximum absolute atomic E-state index is 10.3. The van der Waals surface area contributed by atoms with Crippen molar-refractivity contribution < 1.29 is 5.11 Å². The van der Waals surface area contributed by atoms with Crippen LogP contribution in [-0.4, -0.2) is 9.78 Å². The highest BCUT2D eigenvalue weighted by Crippen LogP contribution is 2.02. The van der Waals surface area contributed by atoms with Gasteiger partial charge in [0.25, 0.3) is 0 Å². The molecular weight excluding hydrogens is 128 g/mol. The smallest absolute Gasteiger partial charge is 0.328 e. The Labute approximate surface area is 48.8 Å². The molecule has 44 valence electrons. The average molecular weight is 132 g/mol. The lowest BCUT2D eigenvalue weighted by Gasteiger charge is -1.86. The maximum Gasteiger partial charge on any atom is 0.328 e. The summed E-state index contributed by atoms with van der Waals surface area (Å²) in [4.78, 5) is 9.98. The molecule has 0 aliphatic rings. The molecule has 4 nitrogen and oxygen atoms in total. The lowest BCUT2D eigenvalue weighted by Crippen LogP contribution is -2.20. The molecule has 1 aromatic rings. The van der Waals surface area contributed by atoms with Crippen LogP contribution in [0.5, 0.6) is 5.88 Å². The summed E-state index contributed by atoms with van der Waals surface area (Å²) in [7, 11) is 0. The second-order valence-corrected chi connectivity index (χ2v) is 2.05. The normalized spacial score (nSPS) is 9.50. The van der Waals surface area contributed by atoms with Crippen LogP contribution >= 0.6 is 11.3 Å². The molecule has 0 radical (unpaired) electrons. The first-order valence-electron chi connectivity index (χ1n) is 1.86. The van der Waals surface area contributed by atoms with Crippen LogP contribution in [0.1, 0.15) is 0 Å². The van der Waals surface area contributed by atoms with Gasteiger partial charge in [-0.05, 0) is 0 Å². The molecule has 0 bridgehead atoms. The van der Waals surface area contributed by atoms with Gasteiger partial charge in [-0.3, -0.25) is 4.79 Å². The van der Waals surface area contributed by atoms with Gasteiger partial charge in [-0.15, -0.1) is 0 Å². The lowest BCUT2D eigenvalue weighted by atomic mass is 10.9.